The lowest BCUT2D eigenvalue weighted by molar-refractivity contribution is -0.133. The zero-order valence-electron chi connectivity index (χ0n) is 16.6. The molecule has 0 fully saturated rings. The van der Waals surface area contributed by atoms with Crippen LogP contribution in [0, 0.1) is 0 Å². The number of halogens is 1. The van der Waals surface area contributed by atoms with Crippen molar-refractivity contribution >= 4 is 40.4 Å². The molecule has 0 bridgehead atoms. The standard InChI is InChI=1S/C20H21ClN4O4S/c1-25(12-17(26)22-14-11-13(21)8-9-15(14)28-2)19(27)7-3-6-18-23-20(24-29-18)16-5-4-10-30-16/h4-5,8-11H,3,6-7,12H2,1-2H3,(H,22,26). The highest BCUT2D eigenvalue weighted by Crippen LogP contribution is 2.27. The Hall–Kier alpha value is -2.91. The van der Waals surface area contributed by atoms with Gasteiger partial charge in [-0.3, -0.25) is 9.59 Å². The molecular weight excluding hydrogens is 428 g/mol. The zero-order valence-corrected chi connectivity index (χ0v) is 18.1. The summed E-state index contributed by atoms with van der Waals surface area (Å²) in [5.74, 6) is 1.03. The monoisotopic (exact) mass is 448 g/mol. The van der Waals surface area contributed by atoms with Crippen LogP contribution in [-0.2, 0) is 16.0 Å². The first-order valence-electron chi connectivity index (χ1n) is 9.20. The van der Waals surface area contributed by atoms with Crippen LogP contribution in [0.5, 0.6) is 5.75 Å². The van der Waals surface area contributed by atoms with Crippen LogP contribution >= 0.6 is 22.9 Å². The number of aromatic nitrogens is 2. The number of anilines is 1. The normalized spacial score (nSPS) is 10.6. The van der Waals surface area contributed by atoms with E-state index in [1.807, 2.05) is 17.5 Å². The molecule has 2 amide bonds. The van der Waals surface area contributed by atoms with Crippen LogP contribution in [0.1, 0.15) is 18.7 Å². The number of rotatable bonds is 9. The van der Waals surface area contributed by atoms with E-state index in [4.69, 9.17) is 20.9 Å². The summed E-state index contributed by atoms with van der Waals surface area (Å²) in [5.41, 5.74) is 0.453. The largest absolute Gasteiger partial charge is 0.495 e. The van der Waals surface area contributed by atoms with E-state index >= 15 is 0 Å². The molecule has 2 heterocycles. The average molecular weight is 449 g/mol. The topological polar surface area (TPSA) is 97.6 Å². The maximum atomic E-state index is 12.3. The van der Waals surface area contributed by atoms with E-state index in [1.165, 1.54) is 23.3 Å². The van der Waals surface area contributed by atoms with Crippen molar-refractivity contribution in [1.29, 1.82) is 0 Å². The first-order chi connectivity index (χ1) is 14.5. The van der Waals surface area contributed by atoms with Crippen molar-refractivity contribution < 1.29 is 18.8 Å². The quantitative estimate of drug-likeness (QED) is 0.533. The molecule has 158 valence electrons. The fourth-order valence-corrected chi connectivity index (χ4v) is 3.54. The number of likely N-dealkylation sites (N-methyl/N-ethyl adjacent to an activating group) is 1. The van der Waals surface area contributed by atoms with Crippen LogP contribution < -0.4 is 10.1 Å². The lowest BCUT2D eigenvalue weighted by Crippen LogP contribution is -2.34. The molecule has 10 heteroatoms. The predicted octanol–water partition coefficient (Wildman–Crippen LogP) is 3.88. The minimum absolute atomic E-state index is 0.0857. The second-order valence-electron chi connectivity index (χ2n) is 6.49. The van der Waals surface area contributed by atoms with Crippen molar-refractivity contribution in [3.8, 4) is 16.5 Å². The Kier molecular flexibility index (Phi) is 7.42. The lowest BCUT2D eigenvalue weighted by Gasteiger charge is -2.17. The highest BCUT2D eigenvalue weighted by molar-refractivity contribution is 7.13. The summed E-state index contributed by atoms with van der Waals surface area (Å²) in [6.07, 6.45) is 1.30. The van der Waals surface area contributed by atoms with Crippen molar-refractivity contribution in [3.63, 3.8) is 0 Å². The highest BCUT2D eigenvalue weighted by Gasteiger charge is 2.16. The summed E-state index contributed by atoms with van der Waals surface area (Å²) in [5, 5.41) is 9.07. The van der Waals surface area contributed by atoms with Gasteiger partial charge in [0, 0.05) is 24.9 Å². The molecule has 2 aromatic heterocycles. The third-order valence-electron chi connectivity index (χ3n) is 4.23. The second kappa shape index (κ2) is 10.2. The Morgan fingerprint density at radius 3 is 2.90 bits per heavy atom. The number of hydrogen-bond donors (Lipinski definition) is 1. The second-order valence-corrected chi connectivity index (χ2v) is 7.87. The van der Waals surface area contributed by atoms with Crippen LogP contribution in [0.15, 0.2) is 40.2 Å². The summed E-state index contributed by atoms with van der Waals surface area (Å²) < 4.78 is 10.4. The molecule has 0 unspecified atom stereocenters. The van der Waals surface area contributed by atoms with Gasteiger partial charge in [-0.1, -0.05) is 22.8 Å². The molecule has 0 aliphatic carbocycles. The predicted molar refractivity (Wildman–Crippen MR) is 115 cm³/mol. The van der Waals surface area contributed by atoms with Crippen LogP contribution in [-0.4, -0.2) is 47.6 Å². The van der Waals surface area contributed by atoms with Crippen molar-refractivity contribution in [2.24, 2.45) is 0 Å². The van der Waals surface area contributed by atoms with Crippen molar-refractivity contribution in [3.05, 3.63) is 46.6 Å². The van der Waals surface area contributed by atoms with Gasteiger partial charge in [-0.2, -0.15) is 4.98 Å². The molecule has 0 aliphatic heterocycles. The third kappa shape index (κ3) is 5.80. The van der Waals surface area contributed by atoms with Crippen molar-refractivity contribution in [2.45, 2.75) is 19.3 Å². The molecule has 0 aliphatic rings. The fourth-order valence-electron chi connectivity index (χ4n) is 2.72. The molecule has 0 atom stereocenters. The van der Waals surface area contributed by atoms with E-state index in [-0.39, 0.29) is 24.8 Å². The summed E-state index contributed by atoms with van der Waals surface area (Å²) >= 11 is 7.50. The molecule has 0 spiro atoms. The summed E-state index contributed by atoms with van der Waals surface area (Å²) in [4.78, 5) is 31.2. The van der Waals surface area contributed by atoms with E-state index in [0.29, 0.717) is 41.0 Å². The summed E-state index contributed by atoms with van der Waals surface area (Å²) in [7, 11) is 3.08. The van der Waals surface area contributed by atoms with E-state index in [0.717, 1.165) is 4.88 Å². The number of benzene rings is 1. The molecule has 3 aromatic rings. The van der Waals surface area contributed by atoms with E-state index in [2.05, 4.69) is 15.5 Å². The van der Waals surface area contributed by atoms with Crippen molar-refractivity contribution in [1.82, 2.24) is 15.0 Å². The molecule has 30 heavy (non-hydrogen) atoms. The SMILES string of the molecule is COc1ccc(Cl)cc1NC(=O)CN(C)C(=O)CCCc1nc(-c2cccs2)no1. The van der Waals surface area contributed by atoms with Crippen LogP contribution in [0.2, 0.25) is 5.02 Å². The Morgan fingerprint density at radius 2 is 2.17 bits per heavy atom. The van der Waals surface area contributed by atoms with Gasteiger partial charge in [-0.15, -0.1) is 11.3 Å². The maximum absolute atomic E-state index is 12.3. The molecule has 1 N–H and O–H groups in total. The van der Waals surface area contributed by atoms with Gasteiger partial charge in [0.05, 0.1) is 24.2 Å². The maximum Gasteiger partial charge on any atom is 0.244 e. The molecule has 8 nitrogen and oxygen atoms in total. The minimum atomic E-state index is -0.344. The number of amides is 2. The van der Waals surface area contributed by atoms with Gasteiger partial charge in [0.25, 0.3) is 0 Å². The Morgan fingerprint density at radius 1 is 1.33 bits per heavy atom. The first-order valence-corrected chi connectivity index (χ1v) is 10.5. The van der Waals surface area contributed by atoms with Gasteiger partial charge in [0.15, 0.2) is 0 Å². The van der Waals surface area contributed by atoms with E-state index in [9.17, 15) is 9.59 Å². The Bertz CT molecular complexity index is 1010. The van der Waals surface area contributed by atoms with Gasteiger partial charge in [0.1, 0.15) is 5.75 Å². The summed E-state index contributed by atoms with van der Waals surface area (Å²) in [6, 6.07) is 8.76. The number of nitrogens with one attached hydrogen (secondary N) is 1. The number of aryl methyl sites for hydroxylation is 1. The molecular formula is C20H21ClN4O4S. The molecule has 0 saturated carbocycles. The Labute approximate surface area is 182 Å². The van der Waals surface area contributed by atoms with E-state index in [1.54, 1.807) is 25.2 Å². The van der Waals surface area contributed by atoms with Crippen LogP contribution in [0.3, 0.4) is 0 Å². The Balaban J connectivity index is 1.44. The van der Waals surface area contributed by atoms with Crippen LogP contribution in [0.25, 0.3) is 10.7 Å². The third-order valence-corrected chi connectivity index (χ3v) is 5.33. The number of ether oxygens (including phenoxy) is 1. The number of methoxy groups -OCH3 is 1. The fraction of sp³-hybridized carbons (Fsp3) is 0.300. The molecule has 3 rings (SSSR count). The van der Waals surface area contributed by atoms with Gasteiger partial charge in [0.2, 0.25) is 23.5 Å². The van der Waals surface area contributed by atoms with Gasteiger partial charge in [-0.25, -0.2) is 0 Å². The van der Waals surface area contributed by atoms with Gasteiger partial charge in [-0.05, 0) is 36.1 Å². The van der Waals surface area contributed by atoms with Crippen LogP contribution in [0.4, 0.5) is 5.69 Å². The van der Waals surface area contributed by atoms with Crippen molar-refractivity contribution in [2.75, 3.05) is 26.0 Å². The molecule has 0 radical (unpaired) electrons. The number of carbonyl (C=O) groups excluding carboxylic acids is 2. The first kappa shape index (κ1) is 21.8. The van der Waals surface area contributed by atoms with Gasteiger partial charge >= 0.3 is 0 Å². The smallest absolute Gasteiger partial charge is 0.244 e. The lowest BCUT2D eigenvalue weighted by atomic mass is 10.2. The number of carbonyl (C=O) groups is 2. The van der Waals surface area contributed by atoms with Gasteiger partial charge < -0.3 is 19.5 Å². The number of thiophene rings is 1. The number of nitrogens with zero attached hydrogens (tertiary/aromatic N) is 3. The molecule has 1 aromatic carbocycles. The minimum Gasteiger partial charge on any atom is -0.495 e. The highest BCUT2D eigenvalue weighted by atomic mass is 35.5. The summed E-state index contributed by atoms with van der Waals surface area (Å²) in [6.45, 7) is -0.0857. The molecule has 0 saturated heterocycles. The number of hydrogen-bond acceptors (Lipinski definition) is 7. The average Bonchev–Trinajstić information content (AvgIpc) is 3.39. The zero-order chi connectivity index (χ0) is 21.5. The van der Waals surface area contributed by atoms with E-state index < -0.39 is 0 Å².